The Morgan fingerprint density at radius 1 is 0.980 bits per heavy atom. The maximum Gasteiger partial charge on any atom is 0.346 e. The average Bonchev–Trinajstić information content (AvgIpc) is 3.01. The fraction of sp³-hybridized carbons (Fsp3) is 0.722. The number of methoxy groups -OCH3 is 1. The molecule has 1 aromatic rings. The van der Waals surface area contributed by atoms with E-state index in [1.54, 1.807) is 52.0 Å². The van der Waals surface area contributed by atoms with Crippen LogP contribution in [-0.2, 0) is 30.3 Å². The highest BCUT2D eigenvalue weighted by molar-refractivity contribution is 6.14. The van der Waals surface area contributed by atoms with Crippen LogP contribution in [0.4, 0.5) is 8.78 Å². The number of amides is 2. The molecule has 0 bridgehead atoms. The van der Waals surface area contributed by atoms with E-state index in [0.29, 0.717) is 24.2 Å². The molecule has 1 fully saturated rings. The lowest BCUT2D eigenvalue weighted by Crippen LogP contribution is -2.79. The fourth-order valence-corrected chi connectivity index (χ4v) is 6.07. The molecule has 2 rings (SSSR count). The van der Waals surface area contributed by atoms with E-state index < -0.39 is 70.8 Å². The number of rotatable bonds is 17. The summed E-state index contributed by atoms with van der Waals surface area (Å²) < 4.78 is 45.6. The SMILES string of the molecule is COc1ccc(C[C@H](N)C(=O)C(NC(=O)[C@@H](N)C(C)C)(C(=O)OC(C)(C)C)C(F)(F)C(O)C(CC2CCCCC2)NC(=O)CC(C)C)cc1. The van der Waals surface area contributed by atoms with Gasteiger partial charge in [-0.2, -0.15) is 8.78 Å². The number of aliphatic hydroxyl groups excluding tert-OH is 1. The van der Waals surface area contributed by atoms with E-state index >= 15 is 8.78 Å². The van der Waals surface area contributed by atoms with Crippen LogP contribution in [0.15, 0.2) is 24.3 Å². The van der Waals surface area contributed by atoms with E-state index in [1.165, 1.54) is 27.9 Å². The van der Waals surface area contributed by atoms with Crippen LogP contribution >= 0.6 is 0 Å². The third kappa shape index (κ3) is 11.2. The number of hydrogen-bond donors (Lipinski definition) is 5. The zero-order valence-corrected chi connectivity index (χ0v) is 30.3. The summed E-state index contributed by atoms with van der Waals surface area (Å²) in [5.74, 6) is -10.3. The van der Waals surface area contributed by atoms with Gasteiger partial charge in [0.2, 0.25) is 11.8 Å². The Morgan fingerprint density at radius 2 is 1.55 bits per heavy atom. The minimum absolute atomic E-state index is 0.0116. The molecular formula is C36H58F2N4O7. The third-order valence-electron chi connectivity index (χ3n) is 8.86. The highest BCUT2D eigenvalue weighted by Gasteiger charge is 2.71. The molecule has 1 aromatic carbocycles. The molecule has 0 radical (unpaired) electrons. The highest BCUT2D eigenvalue weighted by Crippen LogP contribution is 2.40. The molecule has 3 unspecified atom stereocenters. The molecule has 1 aliphatic rings. The van der Waals surface area contributed by atoms with Gasteiger partial charge in [-0.1, -0.05) is 71.9 Å². The van der Waals surface area contributed by atoms with Gasteiger partial charge in [0.15, 0.2) is 5.78 Å². The first-order valence-corrected chi connectivity index (χ1v) is 17.2. The van der Waals surface area contributed by atoms with E-state index in [1.807, 2.05) is 5.32 Å². The number of alkyl halides is 2. The van der Waals surface area contributed by atoms with Crippen LogP contribution in [-0.4, -0.2) is 77.1 Å². The third-order valence-corrected chi connectivity index (χ3v) is 8.86. The summed E-state index contributed by atoms with van der Waals surface area (Å²) in [5, 5.41) is 16.2. The Morgan fingerprint density at radius 3 is 2.04 bits per heavy atom. The molecule has 49 heavy (non-hydrogen) atoms. The zero-order valence-electron chi connectivity index (χ0n) is 30.3. The minimum Gasteiger partial charge on any atom is -0.497 e. The number of benzene rings is 1. The van der Waals surface area contributed by atoms with Crippen molar-refractivity contribution in [1.29, 1.82) is 0 Å². The largest absolute Gasteiger partial charge is 0.497 e. The van der Waals surface area contributed by atoms with Crippen LogP contribution in [0.2, 0.25) is 0 Å². The average molecular weight is 697 g/mol. The molecule has 278 valence electrons. The number of aliphatic hydroxyl groups is 1. The molecule has 0 heterocycles. The number of carbonyl (C=O) groups excluding carboxylic acids is 4. The quantitative estimate of drug-likeness (QED) is 0.119. The standard InChI is InChI=1S/C36H58F2N4O7/c1-21(2)18-28(43)41-27(20-23-12-10-9-11-13-23)31(45)36(37,38)35(33(47)49-34(5,6)7,42-32(46)29(40)22(3)4)30(44)26(39)19-24-14-16-25(48-8)17-15-24/h14-17,21-23,26-27,29,31,45H,9-13,18-20,39-40H2,1-8H3,(H,41,43)(H,42,46)/t26-,27?,29-,31?,35?/m0/s1. The molecule has 0 spiro atoms. The van der Waals surface area contributed by atoms with Gasteiger partial charge in [-0.05, 0) is 69.1 Å². The second kappa shape index (κ2) is 17.7. The minimum atomic E-state index is -4.76. The number of nitrogens with one attached hydrogen (secondary N) is 2. The van der Waals surface area contributed by atoms with Crippen molar-refractivity contribution in [3.8, 4) is 5.75 Å². The van der Waals surface area contributed by atoms with Crippen LogP contribution < -0.4 is 26.8 Å². The van der Waals surface area contributed by atoms with Gasteiger partial charge in [0.1, 0.15) is 17.5 Å². The molecule has 0 aromatic heterocycles. The molecule has 0 saturated heterocycles. The van der Waals surface area contributed by atoms with E-state index in [9.17, 15) is 24.3 Å². The monoisotopic (exact) mass is 696 g/mol. The highest BCUT2D eigenvalue weighted by atomic mass is 19.3. The van der Waals surface area contributed by atoms with Gasteiger partial charge in [-0.25, -0.2) is 4.79 Å². The fourth-order valence-electron chi connectivity index (χ4n) is 6.07. The van der Waals surface area contributed by atoms with Gasteiger partial charge < -0.3 is 36.7 Å². The van der Waals surface area contributed by atoms with E-state index in [-0.39, 0.29) is 31.1 Å². The lowest BCUT2D eigenvalue weighted by Gasteiger charge is -2.44. The first-order valence-electron chi connectivity index (χ1n) is 17.2. The summed E-state index contributed by atoms with van der Waals surface area (Å²) in [6.07, 6.45) is 0.868. The Kier molecular flexibility index (Phi) is 15.1. The molecule has 0 aliphatic heterocycles. The molecule has 2 amide bonds. The van der Waals surface area contributed by atoms with E-state index in [0.717, 1.165) is 19.3 Å². The smallest absolute Gasteiger partial charge is 0.346 e. The number of ketones is 1. The van der Waals surface area contributed by atoms with Crippen molar-refractivity contribution in [2.24, 2.45) is 29.2 Å². The van der Waals surface area contributed by atoms with Gasteiger partial charge in [0, 0.05) is 6.42 Å². The second-order valence-electron chi connectivity index (χ2n) is 15.1. The van der Waals surface area contributed by atoms with E-state index in [2.05, 4.69) is 5.32 Å². The van der Waals surface area contributed by atoms with Crippen molar-refractivity contribution in [2.75, 3.05) is 7.11 Å². The molecule has 7 N–H and O–H groups in total. The van der Waals surface area contributed by atoms with Gasteiger partial charge in [-0.15, -0.1) is 0 Å². The predicted octanol–water partition coefficient (Wildman–Crippen LogP) is 3.81. The van der Waals surface area contributed by atoms with Gasteiger partial charge in [-0.3, -0.25) is 14.4 Å². The number of hydrogen-bond acceptors (Lipinski definition) is 9. The topological polar surface area (TPSA) is 183 Å². The summed E-state index contributed by atoms with van der Waals surface area (Å²) in [6.45, 7) is 10.9. The molecular weight excluding hydrogens is 638 g/mol. The molecule has 1 saturated carbocycles. The number of esters is 1. The summed E-state index contributed by atoms with van der Waals surface area (Å²) in [5.41, 5.74) is 7.58. The Balaban J connectivity index is 2.79. The molecule has 1 aliphatic carbocycles. The van der Waals surface area contributed by atoms with Crippen LogP contribution in [0.25, 0.3) is 0 Å². The van der Waals surface area contributed by atoms with Crippen LogP contribution in [0.1, 0.15) is 99.0 Å². The van der Waals surface area contributed by atoms with E-state index in [4.69, 9.17) is 20.9 Å². The van der Waals surface area contributed by atoms with Crippen molar-refractivity contribution < 1.29 is 42.5 Å². The maximum absolute atomic E-state index is 17.5. The lowest BCUT2D eigenvalue weighted by molar-refractivity contribution is -0.209. The summed E-state index contributed by atoms with van der Waals surface area (Å²) in [7, 11) is 1.46. The first-order chi connectivity index (χ1) is 22.7. The van der Waals surface area contributed by atoms with Gasteiger partial charge >= 0.3 is 11.9 Å². The zero-order chi connectivity index (χ0) is 37.3. The predicted molar refractivity (Wildman–Crippen MR) is 183 cm³/mol. The van der Waals surface area contributed by atoms with Crippen molar-refractivity contribution >= 4 is 23.6 Å². The van der Waals surface area contributed by atoms with Crippen molar-refractivity contribution in [2.45, 2.75) is 141 Å². The second-order valence-corrected chi connectivity index (χ2v) is 15.1. The Hall–Kier alpha value is -3.16. The Labute approximate surface area is 289 Å². The molecule has 5 atom stereocenters. The number of carbonyl (C=O) groups is 4. The summed E-state index contributed by atoms with van der Waals surface area (Å²) in [4.78, 5) is 55.2. The van der Waals surface area contributed by atoms with Crippen LogP contribution in [0, 0.1) is 17.8 Å². The number of ether oxygens (including phenoxy) is 2. The lowest BCUT2D eigenvalue weighted by atomic mass is 9.75. The molecule has 11 nitrogen and oxygen atoms in total. The normalized spacial score (nSPS) is 18.2. The van der Waals surface area contributed by atoms with Crippen molar-refractivity contribution in [3.63, 3.8) is 0 Å². The number of Topliss-reactive ketones (excluding diaryl/α,β-unsaturated/α-hetero) is 1. The molecule has 13 heteroatoms. The number of halogens is 2. The van der Waals surface area contributed by atoms with Crippen molar-refractivity contribution in [1.82, 2.24) is 10.6 Å². The first kappa shape index (κ1) is 42.0. The van der Waals surface area contributed by atoms with Crippen LogP contribution in [0.3, 0.4) is 0 Å². The maximum atomic E-state index is 17.5. The van der Waals surface area contributed by atoms with Gasteiger partial charge in [0.25, 0.3) is 5.54 Å². The number of nitrogens with two attached hydrogens (primary N) is 2. The van der Waals surface area contributed by atoms with Crippen LogP contribution in [0.5, 0.6) is 5.75 Å². The van der Waals surface area contributed by atoms with Crippen molar-refractivity contribution in [3.05, 3.63) is 29.8 Å². The Bertz CT molecular complexity index is 1260. The summed E-state index contributed by atoms with van der Waals surface area (Å²) >= 11 is 0. The van der Waals surface area contributed by atoms with Gasteiger partial charge in [0.05, 0.1) is 25.2 Å². The summed E-state index contributed by atoms with van der Waals surface area (Å²) in [6, 6.07) is 1.52.